The van der Waals surface area contributed by atoms with Gasteiger partial charge in [-0.1, -0.05) is 34.6 Å². The summed E-state index contributed by atoms with van der Waals surface area (Å²) in [7, 11) is -1.82. The second-order valence-corrected chi connectivity index (χ2v) is 20.3. The van der Waals surface area contributed by atoms with Crippen molar-refractivity contribution in [2.24, 2.45) is 40.4 Å². The minimum atomic E-state index is -1.82. The van der Waals surface area contributed by atoms with Gasteiger partial charge in [0, 0.05) is 12.0 Å². The van der Waals surface area contributed by atoms with Crippen molar-refractivity contribution in [3.05, 3.63) is 0 Å². The van der Waals surface area contributed by atoms with Gasteiger partial charge >= 0.3 is 0 Å². The standard InChI is InChI=1S/C30H52O4Si/c1-18(31)20-11-12-21-24-22(14-16-29(20,21)7)30(8)15-13-19(34-35(9,10)27(2,3)4)17-23(30)25-26(24)33-28(5,6)32-25/h19-26H,11-17H2,1-10H3/t19-,20+,21?,22?,23?,24?,25+,26+,29+,30+/m0/s1. The molecule has 35 heavy (non-hydrogen) atoms. The van der Waals surface area contributed by atoms with Crippen molar-refractivity contribution >= 4 is 14.1 Å². The third-order valence-corrected chi connectivity index (χ3v) is 16.8. The normalized spacial score (nSPS) is 49.1. The number of Topliss-reactive ketones (excluding diaryl/α,β-unsaturated/α-hetero) is 1. The molecule has 0 N–H and O–H groups in total. The number of hydrogen-bond donors (Lipinski definition) is 0. The first kappa shape index (κ1) is 26.4. The van der Waals surface area contributed by atoms with E-state index in [4.69, 9.17) is 13.9 Å². The maximum atomic E-state index is 12.6. The number of carbonyl (C=O) groups excluding carboxylic acids is 1. The lowest BCUT2D eigenvalue weighted by Gasteiger charge is -2.63. The summed E-state index contributed by atoms with van der Waals surface area (Å²) in [5.41, 5.74) is 0.387. The van der Waals surface area contributed by atoms with Crippen LogP contribution in [0.4, 0.5) is 0 Å². The molecular formula is C30H52O4Si. The van der Waals surface area contributed by atoms with Crippen molar-refractivity contribution in [1.82, 2.24) is 0 Å². The Kier molecular flexibility index (Phi) is 6.13. The summed E-state index contributed by atoms with van der Waals surface area (Å²) in [5.74, 6) is 2.30. The fraction of sp³-hybridized carbons (Fsp3) is 0.967. The lowest BCUT2D eigenvalue weighted by atomic mass is 9.43. The second kappa shape index (κ2) is 8.13. The van der Waals surface area contributed by atoms with Crippen LogP contribution in [0.15, 0.2) is 0 Å². The first-order chi connectivity index (χ1) is 16.0. The Balaban J connectivity index is 1.47. The first-order valence-corrected chi connectivity index (χ1v) is 17.4. The highest BCUT2D eigenvalue weighted by atomic mass is 28.4. The lowest BCUT2D eigenvalue weighted by Crippen LogP contribution is -2.64. The quantitative estimate of drug-likeness (QED) is 0.377. The summed E-state index contributed by atoms with van der Waals surface area (Å²) >= 11 is 0. The molecule has 4 unspecified atom stereocenters. The zero-order chi connectivity index (χ0) is 25.8. The van der Waals surface area contributed by atoms with Gasteiger partial charge in [0.2, 0.25) is 0 Å². The highest BCUT2D eigenvalue weighted by Crippen LogP contribution is 2.69. The first-order valence-electron chi connectivity index (χ1n) is 14.5. The van der Waals surface area contributed by atoms with Crippen molar-refractivity contribution in [3.8, 4) is 0 Å². The van der Waals surface area contributed by atoms with Gasteiger partial charge in [0.25, 0.3) is 0 Å². The monoisotopic (exact) mass is 504 g/mol. The van der Waals surface area contributed by atoms with E-state index in [1.54, 1.807) is 0 Å². The summed E-state index contributed by atoms with van der Waals surface area (Å²) in [6, 6.07) is 0. The lowest BCUT2D eigenvalue weighted by molar-refractivity contribution is -0.188. The summed E-state index contributed by atoms with van der Waals surface area (Å²) in [5, 5.41) is 0.229. The Labute approximate surface area is 215 Å². The predicted octanol–water partition coefficient (Wildman–Crippen LogP) is 7.36. The van der Waals surface area contributed by atoms with Gasteiger partial charge < -0.3 is 13.9 Å². The van der Waals surface area contributed by atoms with Crippen LogP contribution >= 0.6 is 0 Å². The summed E-state index contributed by atoms with van der Waals surface area (Å²) < 4.78 is 20.6. The third-order valence-electron chi connectivity index (χ3n) is 12.2. The van der Waals surface area contributed by atoms with Crippen LogP contribution in [-0.4, -0.2) is 38.2 Å². The Morgan fingerprint density at radius 3 is 2.09 bits per heavy atom. The smallest absolute Gasteiger partial charge is 0.192 e. The average Bonchev–Trinajstić information content (AvgIpc) is 3.23. The number of fused-ring (bicyclic) bond motifs is 8. The van der Waals surface area contributed by atoms with Crippen LogP contribution in [0.1, 0.15) is 100 Å². The molecule has 5 heteroatoms. The van der Waals surface area contributed by atoms with Crippen LogP contribution in [0, 0.1) is 40.4 Å². The van der Waals surface area contributed by atoms with Gasteiger partial charge in [-0.05, 0) is 118 Å². The predicted molar refractivity (Wildman–Crippen MR) is 143 cm³/mol. The largest absolute Gasteiger partial charge is 0.414 e. The second-order valence-electron chi connectivity index (χ2n) is 15.5. The molecule has 0 spiro atoms. The van der Waals surface area contributed by atoms with Gasteiger partial charge in [-0.15, -0.1) is 0 Å². The van der Waals surface area contributed by atoms with Crippen molar-refractivity contribution in [1.29, 1.82) is 0 Å². The molecule has 10 atom stereocenters. The van der Waals surface area contributed by atoms with Crippen LogP contribution in [-0.2, 0) is 18.7 Å². The molecule has 4 nitrogen and oxygen atoms in total. The molecule has 4 aliphatic carbocycles. The van der Waals surface area contributed by atoms with Gasteiger partial charge in [-0.2, -0.15) is 0 Å². The Morgan fingerprint density at radius 1 is 0.857 bits per heavy atom. The van der Waals surface area contributed by atoms with Crippen LogP contribution in [0.5, 0.6) is 0 Å². The topological polar surface area (TPSA) is 44.8 Å². The Morgan fingerprint density at radius 2 is 1.46 bits per heavy atom. The molecule has 1 heterocycles. The maximum Gasteiger partial charge on any atom is 0.192 e. The van der Waals surface area contributed by atoms with Crippen molar-refractivity contribution in [3.63, 3.8) is 0 Å². The van der Waals surface area contributed by atoms with E-state index in [9.17, 15) is 4.79 Å². The number of carbonyl (C=O) groups is 1. The van der Waals surface area contributed by atoms with Crippen LogP contribution in [0.3, 0.4) is 0 Å². The van der Waals surface area contributed by atoms with E-state index in [0.717, 1.165) is 12.8 Å². The molecule has 5 fully saturated rings. The van der Waals surface area contributed by atoms with Gasteiger partial charge in [0.15, 0.2) is 14.1 Å². The van der Waals surface area contributed by atoms with E-state index >= 15 is 0 Å². The zero-order valence-corrected chi connectivity index (χ0v) is 25.2. The van der Waals surface area contributed by atoms with Crippen molar-refractivity contribution < 1.29 is 18.7 Å². The van der Waals surface area contributed by atoms with Crippen LogP contribution < -0.4 is 0 Å². The van der Waals surface area contributed by atoms with E-state index in [1.807, 2.05) is 6.92 Å². The number of rotatable bonds is 3. The van der Waals surface area contributed by atoms with Gasteiger partial charge in [0.05, 0.1) is 12.2 Å². The minimum Gasteiger partial charge on any atom is -0.414 e. The molecule has 1 aliphatic heterocycles. The molecule has 5 rings (SSSR count). The average molecular weight is 505 g/mol. The maximum absolute atomic E-state index is 12.6. The van der Waals surface area contributed by atoms with Gasteiger partial charge in [-0.3, -0.25) is 4.79 Å². The van der Waals surface area contributed by atoms with Gasteiger partial charge in [0.1, 0.15) is 5.78 Å². The van der Waals surface area contributed by atoms with Crippen molar-refractivity contribution in [2.45, 2.75) is 143 Å². The molecule has 0 aromatic heterocycles. The highest BCUT2D eigenvalue weighted by molar-refractivity contribution is 6.74. The zero-order valence-electron chi connectivity index (χ0n) is 24.2. The van der Waals surface area contributed by atoms with Crippen LogP contribution in [0.25, 0.3) is 0 Å². The molecule has 0 aromatic rings. The Bertz CT molecular complexity index is 861. The molecule has 0 bridgehead atoms. The number of ketones is 1. The molecule has 4 saturated carbocycles. The fourth-order valence-corrected chi connectivity index (χ4v) is 10.9. The van der Waals surface area contributed by atoms with Gasteiger partial charge in [-0.25, -0.2) is 0 Å². The minimum absolute atomic E-state index is 0.124. The third kappa shape index (κ3) is 3.96. The highest BCUT2D eigenvalue weighted by Gasteiger charge is 2.69. The van der Waals surface area contributed by atoms with E-state index in [2.05, 4.69) is 61.6 Å². The SMILES string of the molecule is CC(=O)[C@H]1CCC2C3C(CC[C@@]21C)[C@@]1(C)CC[C@H](O[Si](C)(C)C(C)(C)C)CC1[C@H]1OC(C)(C)O[C@H]31. The van der Waals surface area contributed by atoms with Crippen LogP contribution in [0.2, 0.25) is 18.1 Å². The summed E-state index contributed by atoms with van der Waals surface area (Å²) in [6.45, 7) is 22.9. The van der Waals surface area contributed by atoms with E-state index < -0.39 is 14.1 Å². The van der Waals surface area contributed by atoms with E-state index in [0.29, 0.717) is 35.6 Å². The number of ether oxygens (including phenoxy) is 2. The molecule has 200 valence electrons. The summed E-state index contributed by atoms with van der Waals surface area (Å²) in [6.07, 6.45) is 8.78. The number of hydrogen-bond acceptors (Lipinski definition) is 4. The van der Waals surface area contributed by atoms with E-state index in [-0.39, 0.29) is 34.0 Å². The van der Waals surface area contributed by atoms with Crippen molar-refractivity contribution in [2.75, 3.05) is 0 Å². The molecule has 0 radical (unpaired) electrons. The van der Waals surface area contributed by atoms with E-state index in [1.165, 1.54) is 32.1 Å². The summed E-state index contributed by atoms with van der Waals surface area (Å²) in [4.78, 5) is 12.6. The Hall–Kier alpha value is -0.233. The fourth-order valence-electron chi connectivity index (χ4n) is 9.51. The molecule has 0 amide bonds. The molecule has 0 aromatic carbocycles. The molecular weight excluding hydrogens is 452 g/mol. The molecule has 5 aliphatic rings. The molecule has 1 saturated heterocycles.